The van der Waals surface area contributed by atoms with Crippen molar-refractivity contribution in [3.05, 3.63) is 108 Å². The topological polar surface area (TPSA) is 0 Å². The van der Waals surface area contributed by atoms with Gasteiger partial charge in [0.2, 0.25) is 0 Å². The first kappa shape index (κ1) is 12.7. The van der Waals surface area contributed by atoms with E-state index in [1.165, 1.54) is 44.2 Å². The molecule has 0 unspecified atom stereocenters. The molecule has 4 aromatic rings. The van der Waals surface area contributed by atoms with Crippen LogP contribution in [-0.2, 0) is 0 Å². The van der Waals surface area contributed by atoms with Gasteiger partial charge in [-0.2, -0.15) is 0 Å². The molecule has 0 spiro atoms. The second-order valence-corrected chi connectivity index (χ2v) is 6.06. The van der Waals surface area contributed by atoms with Crippen LogP contribution in [0.4, 0.5) is 0 Å². The maximum absolute atomic E-state index is 2.32. The molecule has 1 aliphatic carbocycles. The number of fused-ring (bicyclic) bond motifs is 3. The standard InChI is InChI=1S/C23H15/c1-2-8-18-15-23-19(14-17(18)7-1)9-5-11-21(23)22-13-12-16-6-3-4-10-20(16)22/h1-15H. The molecule has 0 aromatic heterocycles. The Morgan fingerprint density at radius 3 is 2.09 bits per heavy atom. The van der Waals surface area contributed by atoms with Gasteiger partial charge in [0.1, 0.15) is 0 Å². The molecule has 0 fully saturated rings. The molecule has 0 atom stereocenters. The van der Waals surface area contributed by atoms with E-state index in [9.17, 15) is 0 Å². The first-order chi connectivity index (χ1) is 11.4. The van der Waals surface area contributed by atoms with E-state index in [1.54, 1.807) is 0 Å². The molecule has 107 valence electrons. The van der Waals surface area contributed by atoms with Crippen molar-refractivity contribution in [2.45, 2.75) is 0 Å². The number of benzene rings is 4. The Bertz CT molecular complexity index is 1070. The fraction of sp³-hybridized carbons (Fsp3) is 0. The summed E-state index contributed by atoms with van der Waals surface area (Å²) in [6, 6.07) is 28.4. The highest BCUT2D eigenvalue weighted by Gasteiger charge is 2.21. The molecule has 1 radical (unpaired) electrons. The zero-order chi connectivity index (χ0) is 15.2. The van der Waals surface area contributed by atoms with Gasteiger partial charge in [-0.1, -0.05) is 78.9 Å². The van der Waals surface area contributed by atoms with Crippen LogP contribution in [0.5, 0.6) is 0 Å². The third kappa shape index (κ3) is 1.92. The van der Waals surface area contributed by atoms with Gasteiger partial charge in [-0.25, -0.2) is 0 Å². The van der Waals surface area contributed by atoms with E-state index in [0.717, 1.165) is 0 Å². The largest absolute Gasteiger partial charge is 0.0674 e. The highest BCUT2D eigenvalue weighted by molar-refractivity contribution is 6.01. The van der Waals surface area contributed by atoms with E-state index < -0.39 is 0 Å². The fourth-order valence-corrected chi connectivity index (χ4v) is 3.59. The third-order valence-corrected chi connectivity index (χ3v) is 4.72. The van der Waals surface area contributed by atoms with Crippen LogP contribution < -0.4 is 0 Å². The Kier molecular flexibility index (Phi) is 2.65. The quantitative estimate of drug-likeness (QED) is 0.378. The summed E-state index contributed by atoms with van der Waals surface area (Å²) in [7, 11) is 0. The monoisotopic (exact) mass is 291 g/mol. The summed E-state index contributed by atoms with van der Waals surface area (Å²) in [5, 5.41) is 5.21. The predicted octanol–water partition coefficient (Wildman–Crippen LogP) is 5.99. The van der Waals surface area contributed by atoms with Gasteiger partial charge in [0.05, 0.1) is 5.92 Å². The van der Waals surface area contributed by atoms with Crippen LogP contribution in [0.1, 0.15) is 16.7 Å². The van der Waals surface area contributed by atoms with Crippen LogP contribution in [0, 0.1) is 5.92 Å². The summed E-state index contributed by atoms with van der Waals surface area (Å²) < 4.78 is 0. The van der Waals surface area contributed by atoms with E-state index in [2.05, 4.69) is 91.0 Å². The molecular weight excluding hydrogens is 276 g/mol. The molecule has 0 heterocycles. The lowest BCUT2D eigenvalue weighted by molar-refractivity contribution is 1.34. The Labute approximate surface area is 135 Å². The average Bonchev–Trinajstić information content (AvgIpc) is 3.03. The lowest BCUT2D eigenvalue weighted by Crippen LogP contribution is -1.98. The first-order valence-electron chi connectivity index (χ1n) is 7.96. The molecule has 1 aliphatic rings. The number of allylic oxidation sites excluding steroid dienone is 1. The normalized spacial score (nSPS) is 13.7. The third-order valence-electron chi connectivity index (χ3n) is 4.72. The van der Waals surface area contributed by atoms with E-state index in [4.69, 9.17) is 0 Å². The molecule has 4 aromatic carbocycles. The van der Waals surface area contributed by atoms with E-state index >= 15 is 0 Å². The molecule has 0 saturated carbocycles. The van der Waals surface area contributed by atoms with Crippen molar-refractivity contribution in [1.29, 1.82) is 0 Å². The van der Waals surface area contributed by atoms with Gasteiger partial charge in [-0.15, -0.1) is 0 Å². The number of hydrogen-bond acceptors (Lipinski definition) is 0. The predicted molar refractivity (Wildman–Crippen MR) is 98.4 cm³/mol. The minimum absolute atomic E-state index is 1.29. The zero-order valence-electron chi connectivity index (χ0n) is 12.7. The van der Waals surface area contributed by atoms with Crippen LogP contribution in [-0.4, -0.2) is 0 Å². The van der Waals surface area contributed by atoms with E-state index in [0.29, 0.717) is 0 Å². The minimum Gasteiger partial charge on any atom is -0.0674 e. The summed E-state index contributed by atoms with van der Waals surface area (Å²) in [5.41, 5.74) is 3.95. The lowest BCUT2D eigenvalue weighted by atomic mass is 9.88. The van der Waals surface area contributed by atoms with Gasteiger partial charge in [-0.05, 0) is 50.4 Å². The van der Waals surface area contributed by atoms with Crippen LogP contribution in [0.25, 0.3) is 27.6 Å². The molecule has 0 N–H and O–H groups in total. The molecule has 0 aliphatic heterocycles. The number of rotatable bonds is 1. The molecule has 0 bridgehead atoms. The maximum Gasteiger partial charge on any atom is 0.0569 e. The first-order valence-corrected chi connectivity index (χ1v) is 7.96. The van der Waals surface area contributed by atoms with Crippen molar-refractivity contribution in [2.24, 2.45) is 0 Å². The highest BCUT2D eigenvalue weighted by Crippen LogP contribution is 2.38. The number of hydrogen-bond donors (Lipinski definition) is 0. The van der Waals surface area contributed by atoms with E-state index in [-0.39, 0.29) is 0 Å². The zero-order valence-corrected chi connectivity index (χ0v) is 12.7. The highest BCUT2D eigenvalue weighted by atomic mass is 14.2. The van der Waals surface area contributed by atoms with Gasteiger partial charge in [0.15, 0.2) is 0 Å². The molecule has 23 heavy (non-hydrogen) atoms. The maximum atomic E-state index is 2.32. The minimum atomic E-state index is 1.29. The SMILES string of the molecule is C1=Cc2ccccc2[C]1c1cccc2cc3ccccc3cc12. The van der Waals surface area contributed by atoms with Gasteiger partial charge >= 0.3 is 0 Å². The smallest absolute Gasteiger partial charge is 0.0569 e. The second kappa shape index (κ2) is 4.82. The van der Waals surface area contributed by atoms with Crippen molar-refractivity contribution in [1.82, 2.24) is 0 Å². The molecule has 0 heteroatoms. The molecule has 5 rings (SSSR count). The van der Waals surface area contributed by atoms with E-state index in [1.807, 2.05) is 0 Å². The van der Waals surface area contributed by atoms with Crippen molar-refractivity contribution in [3.8, 4) is 0 Å². The Balaban J connectivity index is 1.79. The summed E-state index contributed by atoms with van der Waals surface area (Å²) in [4.78, 5) is 0. The van der Waals surface area contributed by atoms with Gasteiger partial charge in [-0.3, -0.25) is 0 Å². The van der Waals surface area contributed by atoms with Crippen LogP contribution >= 0.6 is 0 Å². The molecule has 0 amide bonds. The molecule has 0 saturated heterocycles. The fourth-order valence-electron chi connectivity index (χ4n) is 3.59. The van der Waals surface area contributed by atoms with Crippen LogP contribution in [0.2, 0.25) is 0 Å². The Morgan fingerprint density at radius 1 is 0.478 bits per heavy atom. The Morgan fingerprint density at radius 2 is 1.17 bits per heavy atom. The van der Waals surface area contributed by atoms with Gasteiger partial charge < -0.3 is 0 Å². The molecule has 0 nitrogen and oxygen atoms in total. The van der Waals surface area contributed by atoms with Crippen LogP contribution in [0.15, 0.2) is 84.9 Å². The summed E-state index contributed by atoms with van der Waals surface area (Å²) in [6.07, 6.45) is 4.46. The average molecular weight is 291 g/mol. The Hall–Kier alpha value is -2.86. The van der Waals surface area contributed by atoms with Gasteiger partial charge in [0, 0.05) is 0 Å². The van der Waals surface area contributed by atoms with Crippen molar-refractivity contribution in [3.63, 3.8) is 0 Å². The van der Waals surface area contributed by atoms with Crippen molar-refractivity contribution >= 4 is 27.6 Å². The van der Waals surface area contributed by atoms with Crippen molar-refractivity contribution < 1.29 is 0 Å². The summed E-state index contributed by atoms with van der Waals surface area (Å²) in [6.45, 7) is 0. The summed E-state index contributed by atoms with van der Waals surface area (Å²) in [5.74, 6) is 1.32. The molecular formula is C23H15. The lowest BCUT2D eigenvalue weighted by Gasteiger charge is -2.14. The van der Waals surface area contributed by atoms with Crippen LogP contribution in [0.3, 0.4) is 0 Å². The second-order valence-electron chi connectivity index (χ2n) is 6.06. The summed E-state index contributed by atoms with van der Waals surface area (Å²) >= 11 is 0. The van der Waals surface area contributed by atoms with Gasteiger partial charge in [0.25, 0.3) is 0 Å². The van der Waals surface area contributed by atoms with Crippen molar-refractivity contribution in [2.75, 3.05) is 0 Å².